The van der Waals surface area contributed by atoms with E-state index < -0.39 is 0 Å². The average Bonchev–Trinajstić information content (AvgIpc) is 3.11. The van der Waals surface area contributed by atoms with Gasteiger partial charge < -0.3 is 4.98 Å². The molecule has 120 valence electrons. The van der Waals surface area contributed by atoms with Gasteiger partial charge in [0.2, 0.25) is 0 Å². The number of Topliss-reactive ketones (excluding diaryl/α,β-unsaturated/α-hetero) is 1. The zero-order chi connectivity index (χ0) is 17.1. The maximum Gasteiger partial charge on any atom is 0.196 e. The van der Waals surface area contributed by atoms with Gasteiger partial charge >= 0.3 is 0 Å². The number of carbonyl (C=O) groups is 1. The third-order valence-corrected chi connectivity index (χ3v) is 3.94. The number of fused-ring (bicyclic) bond motifs is 1. The standard InChI is InChI=1S/C21H15N3O/c25-20(16-6-2-1-3-7-16)17(14-15-10-12-22-13-11-15)21-23-18-8-4-5-9-19(18)24-21/h1-14H,(H,23,24). The van der Waals surface area contributed by atoms with Gasteiger partial charge in [-0.3, -0.25) is 9.78 Å². The van der Waals surface area contributed by atoms with Crippen LogP contribution in [0, 0.1) is 0 Å². The summed E-state index contributed by atoms with van der Waals surface area (Å²) in [4.78, 5) is 25.0. The third kappa shape index (κ3) is 3.10. The van der Waals surface area contributed by atoms with E-state index >= 15 is 0 Å². The van der Waals surface area contributed by atoms with Crippen LogP contribution in [0.25, 0.3) is 22.7 Å². The molecule has 0 fully saturated rings. The van der Waals surface area contributed by atoms with Crippen LogP contribution >= 0.6 is 0 Å². The van der Waals surface area contributed by atoms with E-state index in [0.29, 0.717) is 17.0 Å². The van der Waals surface area contributed by atoms with E-state index in [0.717, 1.165) is 16.6 Å². The Balaban J connectivity index is 1.86. The zero-order valence-corrected chi connectivity index (χ0v) is 13.4. The lowest BCUT2D eigenvalue weighted by Crippen LogP contribution is -2.04. The molecular weight excluding hydrogens is 310 g/mol. The maximum absolute atomic E-state index is 13.1. The molecule has 25 heavy (non-hydrogen) atoms. The van der Waals surface area contributed by atoms with Gasteiger partial charge in [-0.25, -0.2) is 4.98 Å². The Kier molecular flexibility index (Phi) is 3.92. The molecule has 0 amide bonds. The van der Waals surface area contributed by atoms with E-state index in [1.54, 1.807) is 12.4 Å². The highest BCUT2D eigenvalue weighted by molar-refractivity contribution is 6.31. The first kappa shape index (κ1) is 15.0. The summed E-state index contributed by atoms with van der Waals surface area (Å²) in [6.45, 7) is 0. The first-order valence-corrected chi connectivity index (χ1v) is 7.98. The quantitative estimate of drug-likeness (QED) is 0.447. The van der Waals surface area contributed by atoms with Crippen LogP contribution < -0.4 is 0 Å². The van der Waals surface area contributed by atoms with Crippen molar-refractivity contribution in [3.63, 3.8) is 0 Å². The number of rotatable bonds is 4. The summed E-state index contributed by atoms with van der Waals surface area (Å²) in [6.07, 6.45) is 5.25. The van der Waals surface area contributed by atoms with E-state index in [1.807, 2.05) is 72.8 Å². The highest BCUT2D eigenvalue weighted by Crippen LogP contribution is 2.23. The SMILES string of the molecule is O=C(C(=Cc1ccncc1)c1nc2ccccc2[nH]1)c1ccccc1. The molecular formula is C21H15N3O. The van der Waals surface area contributed by atoms with Crippen LogP contribution in [0.5, 0.6) is 0 Å². The van der Waals surface area contributed by atoms with Crippen molar-refractivity contribution in [2.75, 3.05) is 0 Å². The van der Waals surface area contributed by atoms with Crippen LogP contribution in [0.15, 0.2) is 79.1 Å². The van der Waals surface area contributed by atoms with Gasteiger partial charge in [-0.05, 0) is 35.9 Å². The van der Waals surface area contributed by atoms with Gasteiger partial charge in [0.1, 0.15) is 5.82 Å². The molecule has 4 aromatic rings. The monoisotopic (exact) mass is 325 g/mol. The number of carbonyl (C=O) groups excluding carboxylic acids is 1. The molecule has 0 saturated carbocycles. The summed E-state index contributed by atoms with van der Waals surface area (Å²) < 4.78 is 0. The minimum Gasteiger partial charge on any atom is -0.338 e. The number of aromatic amines is 1. The molecule has 2 heterocycles. The van der Waals surface area contributed by atoms with Gasteiger partial charge in [0, 0.05) is 18.0 Å². The number of hydrogen-bond donors (Lipinski definition) is 1. The number of para-hydroxylation sites is 2. The van der Waals surface area contributed by atoms with E-state index in [-0.39, 0.29) is 5.78 Å². The normalized spacial score (nSPS) is 11.6. The fraction of sp³-hybridized carbons (Fsp3) is 0. The lowest BCUT2D eigenvalue weighted by Gasteiger charge is -2.05. The first-order chi connectivity index (χ1) is 12.3. The van der Waals surface area contributed by atoms with Crippen molar-refractivity contribution in [3.05, 3.63) is 96.1 Å². The van der Waals surface area contributed by atoms with Crippen molar-refractivity contribution >= 4 is 28.5 Å². The number of pyridine rings is 1. The Bertz CT molecular complexity index is 1020. The van der Waals surface area contributed by atoms with Crippen LogP contribution in [0.3, 0.4) is 0 Å². The summed E-state index contributed by atoms with van der Waals surface area (Å²) in [7, 11) is 0. The Morgan fingerprint density at radius 1 is 0.880 bits per heavy atom. The van der Waals surface area contributed by atoms with Crippen LogP contribution in [0.1, 0.15) is 21.7 Å². The number of H-pyrrole nitrogens is 1. The predicted octanol–water partition coefficient (Wildman–Crippen LogP) is 4.38. The Morgan fingerprint density at radius 3 is 2.36 bits per heavy atom. The highest BCUT2D eigenvalue weighted by atomic mass is 16.1. The maximum atomic E-state index is 13.1. The average molecular weight is 325 g/mol. The Labute approximate surface area is 144 Å². The molecule has 4 rings (SSSR count). The van der Waals surface area contributed by atoms with Gasteiger partial charge in [0.15, 0.2) is 5.78 Å². The second-order valence-electron chi connectivity index (χ2n) is 5.64. The molecule has 4 nitrogen and oxygen atoms in total. The second-order valence-corrected chi connectivity index (χ2v) is 5.64. The summed E-state index contributed by atoms with van der Waals surface area (Å²) in [6, 6.07) is 20.7. The van der Waals surface area contributed by atoms with Crippen molar-refractivity contribution in [2.45, 2.75) is 0 Å². The molecule has 4 heteroatoms. The van der Waals surface area contributed by atoms with Crippen molar-refractivity contribution in [1.82, 2.24) is 15.0 Å². The number of ketones is 1. The molecule has 0 unspecified atom stereocenters. The summed E-state index contributed by atoms with van der Waals surface area (Å²) in [5.41, 5.74) is 3.78. The van der Waals surface area contributed by atoms with Gasteiger partial charge in [-0.15, -0.1) is 0 Å². The molecule has 0 radical (unpaired) electrons. The van der Waals surface area contributed by atoms with Crippen LogP contribution in [0.4, 0.5) is 0 Å². The Morgan fingerprint density at radius 2 is 1.60 bits per heavy atom. The number of aromatic nitrogens is 3. The van der Waals surface area contributed by atoms with Gasteiger partial charge in [-0.2, -0.15) is 0 Å². The minimum atomic E-state index is -0.0727. The number of allylic oxidation sites excluding steroid dienone is 1. The van der Waals surface area contributed by atoms with Gasteiger partial charge in [0.25, 0.3) is 0 Å². The largest absolute Gasteiger partial charge is 0.338 e. The van der Waals surface area contributed by atoms with Crippen molar-refractivity contribution in [1.29, 1.82) is 0 Å². The zero-order valence-electron chi connectivity index (χ0n) is 13.4. The topological polar surface area (TPSA) is 58.6 Å². The molecule has 0 saturated heterocycles. The molecule has 0 aliphatic rings. The van der Waals surface area contributed by atoms with E-state index in [1.165, 1.54) is 0 Å². The van der Waals surface area contributed by atoms with E-state index in [9.17, 15) is 4.79 Å². The summed E-state index contributed by atoms with van der Waals surface area (Å²) in [5, 5.41) is 0. The van der Waals surface area contributed by atoms with E-state index in [2.05, 4.69) is 15.0 Å². The molecule has 0 aliphatic heterocycles. The molecule has 0 bridgehead atoms. The third-order valence-electron chi connectivity index (χ3n) is 3.94. The predicted molar refractivity (Wildman–Crippen MR) is 99.0 cm³/mol. The number of nitrogens with zero attached hydrogens (tertiary/aromatic N) is 2. The number of benzene rings is 2. The molecule has 0 spiro atoms. The first-order valence-electron chi connectivity index (χ1n) is 7.98. The fourth-order valence-electron chi connectivity index (χ4n) is 2.69. The summed E-state index contributed by atoms with van der Waals surface area (Å²) in [5.74, 6) is 0.489. The molecule has 0 atom stereocenters. The van der Waals surface area contributed by atoms with Crippen LogP contribution in [0.2, 0.25) is 0 Å². The lowest BCUT2D eigenvalue weighted by atomic mass is 10.0. The lowest BCUT2D eigenvalue weighted by molar-refractivity contribution is 0.105. The summed E-state index contributed by atoms with van der Waals surface area (Å²) >= 11 is 0. The van der Waals surface area contributed by atoms with Crippen LogP contribution in [-0.4, -0.2) is 20.7 Å². The van der Waals surface area contributed by atoms with Gasteiger partial charge in [0.05, 0.1) is 16.6 Å². The molecule has 2 aromatic carbocycles. The molecule has 1 N–H and O–H groups in total. The van der Waals surface area contributed by atoms with Crippen LogP contribution in [-0.2, 0) is 0 Å². The number of nitrogens with one attached hydrogen (secondary N) is 1. The van der Waals surface area contributed by atoms with Crippen molar-refractivity contribution in [2.24, 2.45) is 0 Å². The van der Waals surface area contributed by atoms with Crippen molar-refractivity contribution in [3.8, 4) is 0 Å². The van der Waals surface area contributed by atoms with Gasteiger partial charge in [-0.1, -0.05) is 42.5 Å². The molecule has 2 aromatic heterocycles. The smallest absolute Gasteiger partial charge is 0.196 e. The minimum absolute atomic E-state index is 0.0727. The molecule has 0 aliphatic carbocycles. The second kappa shape index (κ2) is 6.53. The fourth-order valence-corrected chi connectivity index (χ4v) is 2.69. The van der Waals surface area contributed by atoms with E-state index in [4.69, 9.17) is 0 Å². The highest BCUT2D eigenvalue weighted by Gasteiger charge is 2.17. The van der Waals surface area contributed by atoms with Crippen molar-refractivity contribution < 1.29 is 4.79 Å². The number of hydrogen-bond acceptors (Lipinski definition) is 3. The Hall–Kier alpha value is -3.53. The number of imidazole rings is 1.